The maximum Gasteiger partial charge on any atom is 0.338 e. The standard InChI is InChI=1S/C20H19ClN4O2/c1-3-27-19(26)14-4-7-16(8-5-14)23-20-22-11-10-18(25-20)24-17-9-6-15(21)12-13(17)2/h4-12H,3H2,1-2H3,(H2,22,23,24,25). The van der Waals surface area contributed by atoms with Crippen LogP contribution in [0.4, 0.5) is 23.1 Å². The predicted octanol–water partition coefficient (Wildman–Crippen LogP) is 5.10. The average molecular weight is 383 g/mol. The first-order chi connectivity index (χ1) is 13.0. The van der Waals surface area contributed by atoms with Crippen molar-refractivity contribution < 1.29 is 9.53 Å². The van der Waals surface area contributed by atoms with Gasteiger partial charge in [-0.25, -0.2) is 9.78 Å². The first kappa shape index (κ1) is 18.7. The molecule has 0 unspecified atom stereocenters. The minimum atomic E-state index is -0.343. The first-order valence-corrected chi connectivity index (χ1v) is 8.83. The molecule has 0 fully saturated rings. The third kappa shape index (κ3) is 4.95. The number of hydrogen-bond acceptors (Lipinski definition) is 6. The zero-order valence-corrected chi connectivity index (χ0v) is 15.7. The van der Waals surface area contributed by atoms with Crippen LogP contribution in [0.1, 0.15) is 22.8 Å². The Morgan fingerprint density at radius 2 is 1.89 bits per heavy atom. The number of carbonyl (C=O) groups is 1. The zero-order valence-electron chi connectivity index (χ0n) is 15.0. The van der Waals surface area contributed by atoms with Crippen molar-refractivity contribution in [2.75, 3.05) is 17.2 Å². The molecule has 6 nitrogen and oxygen atoms in total. The summed E-state index contributed by atoms with van der Waals surface area (Å²) in [4.78, 5) is 20.4. The molecule has 0 radical (unpaired) electrons. The second-order valence-corrected chi connectivity index (χ2v) is 6.21. The van der Waals surface area contributed by atoms with Crippen LogP contribution in [0, 0.1) is 6.92 Å². The number of anilines is 4. The van der Waals surface area contributed by atoms with Gasteiger partial charge in [0.05, 0.1) is 12.2 Å². The highest BCUT2D eigenvalue weighted by Gasteiger charge is 2.07. The van der Waals surface area contributed by atoms with E-state index in [1.165, 1.54) is 0 Å². The van der Waals surface area contributed by atoms with Gasteiger partial charge >= 0.3 is 5.97 Å². The molecule has 1 aromatic heterocycles. The summed E-state index contributed by atoms with van der Waals surface area (Å²) in [5.41, 5.74) is 3.20. The molecule has 2 N–H and O–H groups in total. The Morgan fingerprint density at radius 1 is 1.11 bits per heavy atom. The maximum atomic E-state index is 11.7. The molecule has 0 bridgehead atoms. The van der Waals surface area contributed by atoms with E-state index in [1.807, 2.05) is 25.1 Å². The second kappa shape index (κ2) is 8.51. The summed E-state index contributed by atoms with van der Waals surface area (Å²) in [6, 6.07) is 14.3. The van der Waals surface area contributed by atoms with Crippen LogP contribution in [0.15, 0.2) is 54.7 Å². The van der Waals surface area contributed by atoms with Gasteiger partial charge in [-0.05, 0) is 67.9 Å². The molecule has 3 aromatic rings. The number of rotatable bonds is 6. The van der Waals surface area contributed by atoms with Crippen LogP contribution in [0.3, 0.4) is 0 Å². The molecule has 27 heavy (non-hydrogen) atoms. The Kier molecular flexibility index (Phi) is 5.88. The van der Waals surface area contributed by atoms with Gasteiger partial charge in [-0.1, -0.05) is 11.6 Å². The van der Waals surface area contributed by atoms with Crippen LogP contribution >= 0.6 is 11.6 Å². The fourth-order valence-electron chi connectivity index (χ4n) is 2.43. The number of nitrogens with one attached hydrogen (secondary N) is 2. The van der Waals surface area contributed by atoms with Crippen LogP contribution in [0.5, 0.6) is 0 Å². The number of aryl methyl sites for hydroxylation is 1. The third-order valence-electron chi connectivity index (χ3n) is 3.76. The van der Waals surface area contributed by atoms with Crippen molar-refractivity contribution in [2.24, 2.45) is 0 Å². The van der Waals surface area contributed by atoms with Gasteiger partial charge in [0.2, 0.25) is 5.95 Å². The summed E-state index contributed by atoms with van der Waals surface area (Å²) < 4.78 is 4.97. The highest BCUT2D eigenvalue weighted by molar-refractivity contribution is 6.30. The Balaban J connectivity index is 1.71. The van der Waals surface area contributed by atoms with Crippen molar-refractivity contribution in [3.8, 4) is 0 Å². The third-order valence-corrected chi connectivity index (χ3v) is 3.99. The lowest BCUT2D eigenvalue weighted by Crippen LogP contribution is -2.05. The van der Waals surface area contributed by atoms with Gasteiger partial charge in [0.15, 0.2) is 0 Å². The maximum absolute atomic E-state index is 11.7. The van der Waals surface area contributed by atoms with E-state index in [0.717, 1.165) is 16.9 Å². The number of halogens is 1. The number of ether oxygens (including phenoxy) is 1. The highest BCUT2D eigenvalue weighted by atomic mass is 35.5. The summed E-state index contributed by atoms with van der Waals surface area (Å²) in [6.45, 7) is 4.09. The molecule has 1 heterocycles. The van der Waals surface area contributed by atoms with Crippen molar-refractivity contribution in [3.63, 3.8) is 0 Å². The quantitative estimate of drug-likeness (QED) is 0.577. The molecular weight excluding hydrogens is 364 g/mol. The second-order valence-electron chi connectivity index (χ2n) is 5.77. The lowest BCUT2D eigenvalue weighted by atomic mass is 10.2. The largest absolute Gasteiger partial charge is 0.462 e. The monoisotopic (exact) mass is 382 g/mol. The van der Waals surface area contributed by atoms with Crippen molar-refractivity contribution in [2.45, 2.75) is 13.8 Å². The Labute approximate surface area is 162 Å². The van der Waals surface area contributed by atoms with Crippen LogP contribution in [0.25, 0.3) is 0 Å². The molecule has 0 amide bonds. The Bertz CT molecular complexity index is 945. The lowest BCUT2D eigenvalue weighted by molar-refractivity contribution is 0.0526. The number of hydrogen-bond donors (Lipinski definition) is 2. The fourth-order valence-corrected chi connectivity index (χ4v) is 2.65. The smallest absolute Gasteiger partial charge is 0.338 e. The van der Waals surface area contributed by atoms with E-state index in [2.05, 4.69) is 20.6 Å². The molecule has 0 atom stereocenters. The zero-order chi connectivity index (χ0) is 19.2. The van der Waals surface area contributed by atoms with E-state index in [9.17, 15) is 4.79 Å². The van der Waals surface area contributed by atoms with Crippen molar-refractivity contribution in [1.29, 1.82) is 0 Å². The van der Waals surface area contributed by atoms with E-state index in [4.69, 9.17) is 16.3 Å². The highest BCUT2D eigenvalue weighted by Crippen LogP contribution is 2.23. The number of esters is 1. The van der Waals surface area contributed by atoms with Gasteiger partial charge in [-0.15, -0.1) is 0 Å². The molecule has 0 spiro atoms. The molecule has 0 saturated carbocycles. The van der Waals surface area contributed by atoms with Gasteiger partial charge in [-0.2, -0.15) is 4.98 Å². The van der Waals surface area contributed by atoms with E-state index in [0.29, 0.717) is 29.0 Å². The van der Waals surface area contributed by atoms with E-state index in [1.54, 1.807) is 43.5 Å². The molecule has 0 aliphatic heterocycles. The van der Waals surface area contributed by atoms with Crippen molar-refractivity contribution in [3.05, 3.63) is 70.9 Å². The van der Waals surface area contributed by atoms with Gasteiger partial charge in [-0.3, -0.25) is 0 Å². The summed E-state index contributed by atoms with van der Waals surface area (Å²) in [6.07, 6.45) is 1.66. The van der Waals surface area contributed by atoms with Crippen molar-refractivity contribution >= 4 is 40.7 Å². The lowest BCUT2D eigenvalue weighted by Gasteiger charge is -2.11. The fraction of sp³-hybridized carbons (Fsp3) is 0.150. The minimum Gasteiger partial charge on any atom is -0.462 e. The van der Waals surface area contributed by atoms with E-state index < -0.39 is 0 Å². The number of benzene rings is 2. The summed E-state index contributed by atoms with van der Waals surface area (Å²) >= 11 is 5.99. The molecule has 138 valence electrons. The Hall–Kier alpha value is -3.12. The van der Waals surface area contributed by atoms with Crippen molar-refractivity contribution in [1.82, 2.24) is 9.97 Å². The summed E-state index contributed by atoms with van der Waals surface area (Å²) in [7, 11) is 0. The Morgan fingerprint density at radius 3 is 2.59 bits per heavy atom. The van der Waals surface area contributed by atoms with Crippen LogP contribution < -0.4 is 10.6 Å². The number of aromatic nitrogens is 2. The molecule has 0 aliphatic carbocycles. The molecule has 0 saturated heterocycles. The normalized spacial score (nSPS) is 10.3. The number of carbonyl (C=O) groups excluding carboxylic acids is 1. The molecule has 0 aliphatic rings. The van der Waals surface area contributed by atoms with Crippen LogP contribution in [-0.2, 0) is 4.74 Å². The van der Waals surface area contributed by atoms with Gasteiger partial charge < -0.3 is 15.4 Å². The van der Waals surface area contributed by atoms with Gasteiger partial charge in [0.25, 0.3) is 0 Å². The summed E-state index contributed by atoms with van der Waals surface area (Å²) in [5, 5.41) is 7.06. The molecule has 7 heteroatoms. The number of nitrogens with zero attached hydrogens (tertiary/aromatic N) is 2. The van der Waals surface area contributed by atoms with Gasteiger partial charge in [0.1, 0.15) is 5.82 Å². The van der Waals surface area contributed by atoms with E-state index >= 15 is 0 Å². The van der Waals surface area contributed by atoms with E-state index in [-0.39, 0.29) is 5.97 Å². The topological polar surface area (TPSA) is 76.1 Å². The summed E-state index contributed by atoms with van der Waals surface area (Å²) in [5.74, 6) is 0.751. The SMILES string of the molecule is CCOC(=O)c1ccc(Nc2nccc(Nc3ccc(Cl)cc3C)n2)cc1. The molecular formula is C20H19ClN4O2. The van der Waals surface area contributed by atoms with Crippen LogP contribution in [0.2, 0.25) is 5.02 Å². The minimum absolute atomic E-state index is 0.343. The first-order valence-electron chi connectivity index (χ1n) is 8.45. The predicted molar refractivity (Wildman–Crippen MR) is 107 cm³/mol. The molecule has 2 aromatic carbocycles. The average Bonchev–Trinajstić information content (AvgIpc) is 2.65. The van der Waals surface area contributed by atoms with Crippen LogP contribution in [-0.4, -0.2) is 22.5 Å². The molecule has 3 rings (SSSR count). The van der Waals surface area contributed by atoms with Gasteiger partial charge in [0, 0.05) is 22.6 Å².